The second-order valence-electron chi connectivity index (χ2n) is 7.04. The number of likely N-dealkylation sites (N-methyl/N-ethyl adjacent to an activating group) is 1. The van der Waals surface area contributed by atoms with E-state index in [1.165, 1.54) is 13.2 Å². The van der Waals surface area contributed by atoms with Crippen LogP contribution in [0.5, 0.6) is 5.75 Å². The number of aromatic amines is 1. The van der Waals surface area contributed by atoms with Crippen LogP contribution in [-0.4, -0.2) is 57.2 Å². The highest BCUT2D eigenvalue weighted by Crippen LogP contribution is 2.17. The van der Waals surface area contributed by atoms with Gasteiger partial charge in [0.05, 0.1) is 32.9 Å². The van der Waals surface area contributed by atoms with Gasteiger partial charge in [-0.1, -0.05) is 6.07 Å². The van der Waals surface area contributed by atoms with Gasteiger partial charge in [-0.2, -0.15) is 0 Å². The summed E-state index contributed by atoms with van der Waals surface area (Å²) in [7, 11) is 1.45. The predicted octanol–water partition coefficient (Wildman–Crippen LogP) is 0.402. The highest BCUT2D eigenvalue weighted by atomic mass is 19.1. The molecule has 0 aliphatic carbocycles. The van der Waals surface area contributed by atoms with Crippen LogP contribution in [0.4, 0.5) is 10.2 Å². The number of H-pyrrole nitrogens is 1. The average Bonchev–Trinajstić information content (AvgIpc) is 2.74. The van der Waals surface area contributed by atoms with Gasteiger partial charge in [-0.25, -0.2) is 9.37 Å². The van der Waals surface area contributed by atoms with E-state index in [9.17, 15) is 9.18 Å². The van der Waals surface area contributed by atoms with E-state index in [1.807, 2.05) is 36.2 Å². The van der Waals surface area contributed by atoms with Crippen LogP contribution >= 0.6 is 0 Å². The fourth-order valence-corrected chi connectivity index (χ4v) is 3.52. The summed E-state index contributed by atoms with van der Waals surface area (Å²) in [5.41, 5.74) is 0.868. The lowest BCUT2D eigenvalue weighted by Gasteiger charge is -2.31. The van der Waals surface area contributed by atoms with E-state index in [4.69, 9.17) is 4.74 Å². The van der Waals surface area contributed by atoms with Crippen LogP contribution in [0.1, 0.15) is 12.5 Å². The summed E-state index contributed by atoms with van der Waals surface area (Å²) in [6, 6.07) is 11.0. The van der Waals surface area contributed by atoms with Crippen molar-refractivity contribution in [3.8, 4) is 5.75 Å². The first-order valence-corrected chi connectivity index (χ1v) is 9.76. The number of piperazine rings is 1. The monoisotopic (exact) mass is 388 g/mol. The first kappa shape index (κ1) is 20.1. The van der Waals surface area contributed by atoms with E-state index in [2.05, 4.69) is 16.0 Å². The molecule has 1 amide bonds. The van der Waals surface area contributed by atoms with E-state index in [1.54, 1.807) is 6.07 Å². The molecule has 1 fully saturated rings. The van der Waals surface area contributed by atoms with Gasteiger partial charge in [0.1, 0.15) is 19.6 Å². The third-order valence-corrected chi connectivity index (χ3v) is 5.24. The number of methoxy groups -OCH3 is 1. The molecule has 28 heavy (non-hydrogen) atoms. The molecule has 1 aliphatic heterocycles. The Kier molecular flexibility index (Phi) is 6.81. The number of rotatable bonds is 7. The number of carbonyl (C=O) groups excluding carboxylic acids is 1. The molecule has 150 valence electrons. The third kappa shape index (κ3) is 4.98. The molecule has 0 radical (unpaired) electrons. The molecule has 1 aromatic carbocycles. The van der Waals surface area contributed by atoms with Crippen LogP contribution < -0.4 is 19.5 Å². The molecular formula is C21H29FN4O2+2. The Morgan fingerprint density at radius 2 is 2.00 bits per heavy atom. The van der Waals surface area contributed by atoms with Gasteiger partial charge in [0, 0.05) is 11.6 Å². The largest absolute Gasteiger partial charge is 0.494 e. The number of pyridine rings is 1. The van der Waals surface area contributed by atoms with E-state index in [0.29, 0.717) is 13.1 Å². The van der Waals surface area contributed by atoms with Gasteiger partial charge >= 0.3 is 0 Å². The van der Waals surface area contributed by atoms with Gasteiger partial charge in [0.2, 0.25) is 0 Å². The summed E-state index contributed by atoms with van der Waals surface area (Å²) in [5.74, 6) is 1.11. The molecule has 2 N–H and O–H groups in total. The molecule has 1 unspecified atom stereocenters. The summed E-state index contributed by atoms with van der Waals surface area (Å²) in [5, 5.41) is 0. The van der Waals surface area contributed by atoms with Crippen molar-refractivity contribution in [1.29, 1.82) is 0 Å². The smallest absolute Gasteiger partial charge is 0.278 e. The minimum absolute atomic E-state index is 0.155. The molecule has 0 saturated carbocycles. The lowest BCUT2D eigenvalue weighted by molar-refractivity contribution is -0.904. The van der Waals surface area contributed by atoms with Crippen LogP contribution in [0.3, 0.4) is 0 Å². The summed E-state index contributed by atoms with van der Waals surface area (Å²) in [4.78, 5) is 21.3. The number of aromatic nitrogens is 1. The van der Waals surface area contributed by atoms with E-state index < -0.39 is 0 Å². The molecule has 1 saturated heterocycles. The topological polar surface area (TPSA) is 51.4 Å². The lowest BCUT2D eigenvalue weighted by atomic mass is 10.2. The number of nitrogens with one attached hydrogen (secondary N) is 2. The van der Waals surface area contributed by atoms with Crippen LogP contribution in [0, 0.1) is 5.82 Å². The molecule has 6 nitrogen and oxygen atoms in total. The third-order valence-electron chi connectivity index (χ3n) is 5.24. The SMILES string of the molecule is CC[NH+](CC(=O)N1CCN(c2cccc[nH+]2)CC1)Cc1ccc(OC)c(F)c1. The minimum atomic E-state index is -0.365. The maximum Gasteiger partial charge on any atom is 0.278 e. The van der Waals surface area contributed by atoms with E-state index in [0.717, 1.165) is 49.0 Å². The lowest BCUT2D eigenvalue weighted by Crippen LogP contribution is -3.11. The second kappa shape index (κ2) is 9.50. The fourth-order valence-electron chi connectivity index (χ4n) is 3.52. The van der Waals surface area contributed by atoms with Crippen molar-refractivity contribution in [2.45, 2.75) is 13.5 Å². The predicted molar refractivity (Wildman–Crippen MR) is 105 cm³/mol. The van der Waals surface area contributed by atoms with Crippen molar-refractivity contribution in [2.75, 3.05) is 51.3 Å². The summed E-state index contributed by atoms with van der Waals surface area (Å²) in [6.45, 7) is 6.95. The maximum atomic E-state index is 13.9. The van der Waals surface area contributed by atoms with Gasteiger partial charge in [-0.05, 0) is 31.2 Å². The number of anilines is 1. The summed E-state index contributed by atoms with van der Waals surface area (Å²) < 4.78 is 18.9. The van der Waals surface area contributed by atoms with Gasteiger partial charge in [0.25, 0.3) is 11.7 Å². The highest BCUT2D eigenvalue weighted by molar-refractivity contribution is 5.77. The van der Waals surface area contributed by atoms with Gasteiger partial charge < -0.3 is 14.5 Å². The average molecular weight is 388 g/mol. The summed E-state index contributed by atoms with van der Waals surface area (Å²) in [6.07, 6.45) is 1.91. The van der Waals surface area contributed by atoms with Gasteiger partial charge in [-0.15, -0.1) is 0 Å². The second-order valence-corrected chi connectivity index (χ2v) is 7.04. The van der Waals surface area contributed by atoms with E-state index >= 15 is 0 Å². The fraction of sp³-hybridized carbons (Fsp3) is 0.429. The Morgan fingerprint density at radius 3 is 2.61 bits per heavy atom. The Labute approximate surface area is 165 Å². The van der Waals surface area contributed by atoms with Crippen LogP contribution in [0.15, 0.2) is 42.6 Å². The summed E-state index contributed by atoms with van der Waals surface area (Å²) >= 11 is 0. The molecule has 0 bridgehead atoms. The number of quaternary nitrogens is 1. The van der Waals surface area contributed by atoms with Gasteiger partial charge in [0.15, 0.2) is 18.1 Å². The van der Waals surface area contributed by atoms with Crippen molar-refractivity contribution in [2.24, 2.45) is 0 Å². The number of hydrogen-bond donors (Lipinski definition) is 1. The molecule has 2 heterocycles. The molecule has 1 atom stereocenters. The van der Waals surface area contributed by atoms with E-state index in [-0.39, 0.29) is 17.5 Å². The maximum absolute atomic E-state index is 13.9. The first-order chi connectivity index (χ1) is 13.6. The van der Waals surface area contributed by atoms with Crippen LogP contribution in [0.25, 0.3) is 0 Å². The van der Waals surface area contributed by atoms with Crippen molar-refractivity contribution in [3.05, 3.63) is 54.0 Å². The quantitative estimate of drug-likeness (QED) is 0.747. The van der Waals surface area contributed by atoms with Gasteiger partial charge in [-0.3, -0.25) is 9.69 Å². The number of ether oxygens (including phenoxy) is 1. The molecular weight excluding hydrogens is 359 g/mol. The van der Waals surface area contributed by atoms with Crippen molar-refractivity contribution >= 4 is 11.7 Å². The number of hydrogen-bond acceptors (Lipinski definition) is 3. The molecule has 7 heteroatoms. The normalized spacial score (nSPS) is 15.4. The first-order valence-electron chi connectivity index (χ1n) is 9.76. The van der Waals surface area contributed by atoms with Crippen molar-refractivity contribution < 1.29 is 23.8 Å². The van der Waals surface area contributed by atoms with Crippen LogP contribution in [0.2, 0.25) is 0 Å². The zero-order valence-corrected chi connectivity index (χ0v) is 16.6. The molecule has 2 aromatic rings. The molecule has 1 aliphatic rings. The Hall–Kier alpha value is -2.67. The van der Waals surface area contributed by atoms with Crippen molar-refractivity contribution in [1.82, 2.24) is 4.90 Å². The molecule has 1 aromatic heterocycles. The molecule has 0 spiro atoms. The Balaban J connectivity index is 1.52. The number of halogens is 1. The number of amides is 1. The minimum Gasteiger partial charge on any atom is -0.494 e. The molecule has 3 rings (SSSR count). The number of carbonyl (C=O) groups is 1. The Morgan fingerprint density at radius 1 is 1.21 bits per heavy atom. The number of nitrogens with zero attached hydrogens (tertiary/aromatic N) is 2. The zero-order valence-electron chi connectivity index (χ0n) is 16.6. The zero-order chi connectivity index (χ0) is 19.9. The van der Waals surface area contributed by atoms with Crippen LogP contribution in [-0.2, 0) is 11.3 Å². The standard InChI is InChI=1S/C21H27FN4O2/c1-3-24(15-17-7-8-19(28-2)18(22)14-17)16-21(27)26-12-10-25(11-13-26)20-6-4-5-9-23-20/h4-9,14H,3,10-13,15-16H2,1-2H3/p+2. The van der Waals surface area contributed by atoms with Crippen molar-refractivity contribution in [3.63, 3.8) is 0 Å². The number of benzene rings is 1. The Bertz CT molecular complexity index is 779. The highest BCUT2D eigenvalue weighted by Gasteiger charge is 2.27.